The summed E-state index contributed by atoms with van der Waals surface area (Å²) in [5.74, 6) is -1.79. The molecule has 0 aliphatic carbocycles. The molecule has 7 heteroatoms. The zero-order valence-corrected chi connectivity index (χ0v) is 11.7. The van der Waals surface area contributed by atoms with Crippen LogP contribution in [-0.4, -0.2) is 46.8 Å². The lowest BCUT2D eigenvalue weighted by molar-refractivity contribution is -0.138. The highest BCUT2D eigenvalue weighted by molar-refractivity contribution is 5.84. The fourth-order valence-corrected chi connectivity index (χ4v) is 1.78. The van der Waals surface area contributed by atoms with E-state index in [9.17, 15) is 9.59 Å². The van der Waals surface area contributed by atoms with Gasteiger partial charge in [-0.3, -0.25) is 9.59 Å². The highest BCUT2D eigenvalue weighted by Crippen LogP contribution is 2.18. The Morgan fingerprint density at radius 3 is 2.52 bits per heavy atom. The number of aliphatic carboxylic acids is 2. The molecular formula is C14H19N3O4. The number of para-hydroxylation sites is 1. The van der Waals surface area contributed by atoms with Crippen LogP contribution in [-0.2, 0) is 16.0 Å². The van der Waals surface area contributed by atoms with Gasteiger partial charge >= 0.3 is 11.9 Å². The average molecular weight is 293 g/mol. The number of hydrogen-bond donors (Lipinski definition) is 5. The van der Waals surface area contributed by atoms with Gasteiger partial charge in [-0.05, 0) is 18.7 Å². The summed E-state index contributed by atoms with van der Waals surface area (Å²) in [5, 5.41) is 20.1. The molecule has 1 unspecified atom stereocenters. The molecule has 21 heavy (non-hydrogen) atoms. The first-order valence-corrected chi connectivity index (χ1v) is 6.35. The number of aromatic nitrogens is 1. The van der Waals surface area contributed by atoms with Crippen molar-refractivity contribution >= 4 is 22.8 Å². The van der Waals surface area contributed by atoms with Gasteiger partial charge in [-0.25, -0.2) is 0 Å². The molecular weight excluding hydrogens is 274 g/mol. The van der Waals surface area contributed by atoms with Crippen LogP contribution in [0.15, 0.2) is 30.5 Å². The number of hydrogen-bond acceptors (Lipinski definition) is 4. The summed E-state index contributed by atoms with van der Waals surface area (Å²) < 4.78 is 0. The lowest BCUT2D eigenvalue weighted by Gasteiger charge is -2.04. The lowest BCUT2D eigenvalue weighted by Crippen LogP contribution is -2.32. The van der Waals surface area contributed by atoms with Crippen molar-refractivity contribution < 1.29 is 19.8 Å². The Hall–Kier alpha value is -2.38. The molecule has 0 saturated carbocycles. The number of nitrogens with one attached hydrogen (secondary N) is 2. The lowest BCUT2D eigenvalue weighted by atomic mass is 10.1. The number of carboxylic acid groups (broad SMARTS) is 2. The predicted molar refractivity (Wildman–Crippen MR) is 79.2 cm³/mol. The molecule has 2 rings (SSSR count). The Labute approximate surface area is 121 Å². The van der Waals surface area contributed by atoms with Crippen molar-refractivity contribution in [3.8, 4) is 0 Å². The van der Waals surface area contributed by atoms with Gasteiger partial charge in [-0.1, -0.05) is 18.2 Å². The Morgan fingerprint density at radius 1 is 1.33 bits per heavy atom. The van der Waals surface area contributed by atoms with Crippen molar-refractivity contribution in [3.05, 3.63) is 36.0 Å². The fraction of sp³-hybridized carbons (Fsp3) is 0.286. The zero-order chi connectivity index (χ0) is 15.8. The molecule has 1 atom stereocenters. The number of carboxylic acids is 2. The molecule has 0 aliphatic heterocycles. The Bertz CT molecular complexity index is 609. The molecule has 1 heterocycles. The second-order valence-corrected chi connectivity index (χ2v) is 4.43. The molecule has 114 valence electrons. The second kappa shape index (κ2) is 8.03. The molecule has 7 nitrogen and oxygen atoms in total. The van der Waals surface area contributed by atoms with Gasteiger partial charge in [0.05, 0.1) is 6.54 Å². The van der Waals surface area contributed by atoms with Gasteiger partial charge in [0.25, 0.3) is 0 Å². The number of fused-ring (bicyclic) bond motifs is 1. The minimum atomic E-state index is -0.972. The van der Waals surface area contributed by atoms with Gasteiger partial charge in [-0.2, -0.15) is 0 Å². The maximum absolute atomic E-state index is 10.6. The number of H-pyrrole nitrogens is 1. The van der Waals surface area contributed by atoms with Crippen LogP contribution in [0, 0.1) is 0 Å². The zero-order valence-electron chi connectivity index (χ0n) is 11.7. The fourth-order valence-electron chi connectivity index (χ4n) is 1.78. The third-order valence-corrected chi connectivity index (χ3v) is 2.76. The third kappa shape index (κ3) is 5.25. The summed E-state index contributed by atoms with van der Waals surface area (Å²) in [7, 11) is 1.59. The van der Waals surface area contributed by atoms with E-state index in [4.69, 9.17) is 15.9 Å². The predicted octanol–water partition coefficient (Wildman–Crippen LogP) is 0.413. The van der Waals surface area contributed by atoms with Gasteiger partial charge in [0.1, 0.15) is 6.04 Å². The summed E-state index contributed by atoms with van der Waals surface area (Å²) in [4.78, 5) is 23.2. The van der Waals surface area contributed by atoms with Crippen LogP contribution in [0.25, 0.3) is 10.9 Å². The number of carbonyl (C=O) groups is 2. The van der Waals surface area contributed by atoms with E-state index >= 15 is 0 Å². The Balaban J connectivity index is 0.000000315. The van der Waals surface area contributed by atoms with Crippen molar-refractivity contribution in [1.29, 1.82) is 0 Å². The SMILES string of the molecule is CNCC(=O)O.NC(Cc1c[nH]c2ccccc12)C(=O)O. The highest BCUT2D eigenvalue weighted by atomic mass is 16.4. The minimum absolute atomic E-state index is 0.0417. The number of benzene rings is 1. The Morgan fingerprint density at radius 2 is 2.00 bits per heavy atom. The monoisotopic (exact) mass is 293 g/mol. The molecule has 0 radical (unpaired) electrons. The summed E-state index contributed by atoms with van der Waals surface area (Å²) in [6.45, 7) is 0.0417. The van der Waals surface area contributed by atoms with Crippen molar-refractivity contribution in [3.63, 3.8) is 0 Å². The van der Waals surface area contributed by atoms with Crippen molar-refractivity contribution in [2.24, 2.45) is 5.73 Å². The molecule has 0 aliphatic rings. The molecule has 0 fully saturated rings. The van der Waals surface area contributed by atoms with Crippen LogP contribution in [0.1, 0.15) is 5.56 Å². The summed E-state index contributed by atoms with van der Waals surface area (Å²) in [6.07, 6.45) is 2.16. The number of likely N-dealkylation sites (N-methyl/N-ethyl adjacent to an activating group) is 1. The quantitative estimate of drug-likeness (QED) is 0.543. The van der Waals surface area contributed by atoms with Crippen molar-refractivity contribution in [2.75, 3.05) is 13.6 Å². The summed E-state index contributed by atoms with van der Waals surface area (Å²) in [6, 6.07) is 6.91. The van der Waals surface area contributed by atoms with E-state index in [2.05, 4.69) is 10.3 Å². The van der Waals surface area contributed by atoms with E-state index in [0.717, 1.165) is 16.5 Å². The van der Waals surface area contributed by atoms with Crippen molar-refractivity contribution in [2.45, 2.75) is 12.5 Å². The summed E-state index contributed by atoms with van der Waals surface area (Å²) in [5.41, 5.74) is 7.43. The smallest absolute Gasteiger partial charge is 0.320 e. The van der Waals surface area contributed by atoms with E-state index in [0.29, 0.717) is 6.42 Å². The average Bonchev–Trinajstić information content (AvgIpc) is 2.83. The van der Waals surface area contributed by atoms with E-state index in [1.165, 1.54) is 0 Å². The van der Waals surface area contributed by atoms with Gasteiger partial charge in [0.2, 0.25) is 0 Å². The molecule has 1 aromatic heterocycles. The van der Waals surface area contributed by atoms with Crippen LogP contribution < -0.4 is 11.1 Å². The minimum Gasteiger partial charge on any atom is -0.480 e. The molecule has 2 aromatic rings. The van der Waals surface area contributed by atoms with E-state index < -0.39 is 18.0 Å². The van der Waals surface area contributed by atoms with Crippen LogP contribution in [0.5, 0.6) is 0 Å². The first kappa shape index (κ1) is 16.7. The topological polar surface area (TPSA) is 128 Å². The largest absolute Gasteiger partial charge is 0.480 e. The summed E-state index contributed by atoms with van der Waals surface area (Å²) >= 11 is 0. The number of aromatic amines is 1. The van der Waals surface area contributed by atoms with Gasteiger partial charge in [0, 0.05) is 23.5 Å². The molecule has 0 amide bonds. The van der Waals surface area contributed by atoms with E-state index in [-0.39, 0.29) is 6.54 Å². The van der Waals surface area contributed by atoms with Gasteiger partial charge < -0.3 is 26.2 Å². The number of rotatable bonds is 5. The van der Waals surface area contributed by atoms with E-state index in [1.807, 2.05) is 30.5 Å². The highest BCUT2D eigenvalue weighted by Gasteiger charge is 2.14. The van der Waals surface area contributed by atoms with Crippen LogP contribution in [0.4, 0.5) is 0 Å². The maximum Gasteiger partial charge on any atom is 0.320 e. The Kier molecular flexibility index (Phi) is 6.38. The molecule has 0 saturated heterocycles. The number of nitrogens with two attached hydrogens (primary N) is 1. The van der Waals surface area contributed by atoms with E-state index in [1.54, 1.807) is 7.05 Å². The first-order chi connectivity index (χ1) is 9.95. The first-order valence-electron chi connectivity index (χ1n) is 6.35. The maximum atomic E-state index is 10.6. The molecule has 1 aromatic carbocycles. The second-order valence-electron chi connectivity index (χ2n) is 4.43. The van der Waals surface area contributed by atoms with Crippen LogP contribution >= 0.6 is 0 Å². The van der Waals surface area contributed by atoms with Crippen LogP contribution in [0.2, 0.25) is 0 Å². The third-order valence-electron chi connectivity index (χ3n) is 2.76. The molecule has 0 bridgehead atoms. The molecule has 6 N–H and O–H groups in total. The normalized spacial score (nSPS) is 11.5. The standard InChI is InChI=1S/C11H12N2O2.C3H7NO2/c12-9(11(14)15)5-7-6-13-10-4-2-1-3-8(7)10;1-4-2-3(5)6/h1-4,6,9,13H,5,12H2,(H,14,15);4H,2H2,1H3,(H,5,6). The van der Waals surface area contributed by atoms with Gasteiger partial charge in [0.15, 0.2) is 0 Å². The van der Waals surface area contributed by atoms with Crippen LogP contribution in [0.3, 0.4) is 0 Å². The van der Waals surface area contributed by atoms with Gasteiger partial charge in [-0.15, -0.1) is 0 Å². The van der Waals surface area contributed by atoms with Crippen molar-refractivity contribution in [1.82, 2.24) is 10.3 Å². The molecule has 0 spiro atoms.